The normalized spacial score (nSPS) is 13.9. The monoisotopic (exact) mass is 254 g/mol. The summed E-state index contributed by atoms with van der Waals surface area (Å²) in [5, 5.41) is 31.2. The van der Waals surface area contributed by atoms with E-state index in [1.54, 1.807) is 6.92 Å². The molecule has 0 unspecified atom stereocenters. The van der Waals surface area contributed by atoms with Crippen LogP contribution in [0.2, 0.25) is 0 Å². The third-order valence-corrected chi connectivity index (χ3v) is 2.67. The van der Waals surface area contributed by atoms with E-state index in [0.717, 1.165) is 0 Å². The minimum Gasteiger partial charge on any atom is -0.381 e. The molecule has 1 N–H and O–H groups in total. The number of non-ortho nitro benzene ring substituents is 1. The van der Waals surface area contributed by atoms with Gasteiger partial charge in [-0.3, -0.25) is 20.2 Å². The molecule has 0 aliphatic rings. The van der Waals surface area contributed by atoms with E-state index >= 15 is 0 Å². The molecule has 0 heterocycles. The Morgan fingerprint density at radius 3 is 2.17 bits per heavy atom. The van der Waals surface area contributed by atoms with Crippen molar-refractivity contribution in [3.8, 4) is 0 Å². The Kier molecular flexibility index (Phi) is 4.73. The number of aliphatic hydroxyl groups is 1. The first-order chi connectivity index (χ1) is 8.47. The van der Waals surface area contributed by atoms with Gasteiger partial charge in [-0.1, -0.05) is 6.92 Å². The highest BCUT2D eigenvalue weighted by molar-refractivity contribution is 5.34. The molecule has 0 amide bonds. The number of hydrogen-bond acceptors (Lipinski definition) is 5. The summed E-state index contributed by atoms with van der Waals surface area (Å²) < 4.78 is 0. The van der Waals surface area contributed by atoms with Crippen molar-refractivity contribution in [2.24, 2.45) is 0 Å². The fourth-order valence-electron chi connectivity index (χ4n) is 1.69. The number of nitro groups is 2. The minimum atomic E-state index is -1.25. The fourth-order valence-corrected chi connectivity index (χ4v) is 1.69. The zero-order chi connectivity index (χ0) is 13.7. The van der Waals surface area contributed by atoms with Crippen molar-refractivity contribution in [1.29, 1.82) is 0 Å². The van der Waals surface area contributed by atoms with E-state index in [1.807, 2.05) is 0 Å². The Morgan fingerprint density at radius 2 is 1.78 bits per heavy atom. The first-order valence-corrected chi connectivity index (χ1v) is 5.53. The number of hydrogen-bond donors (Lipinski definition) is 1. The Hall–Kier alpha value is -2.02. The van der Waals surface area contributed by atoms with Crippen molar-refractivity contribution in [2.75, 3.05) is 0 Å². The topological polar surface area (TPSA) is 107 Å². The SMILES string of the molecule is CCC[C@H]([C@H](O)c1ccc([N+](=O)[O-])cc1)[N+](=O)[O-]. The highest BCUT2D eigenvalue weighted by Crippen LogP contribution is 2.24. The van der Waals surface area contributed by atoms with E-state index in [4.69, 9.17) is 0 Å². The van der Waals surface area contributed by atoms with E-state index in [-0.39, 0.29) is 12.1 Å². The molecule has 0 spiro atoms. The Labute approximate surface area is 103 Å². The molecule has 0 aromatic heterocycles. The van der Waals surface area contributed by atoms with Crippen LogP contribution in [0.5, 0.6) is 0 Å². The van der Waals surface area contributed by atoms with Gasteiger partial charge in [0.25, 0.3) is 5.69 Å². The molecule has 1 rings (SSSR count). The van der Waals surface area contributed by atoms with Crippen LogP contribution in [0.1, 0.15) is 31.4 Å². The molecule has 1 aromatic rings. The second-order valence-corrected chi connectivity index (χ2v) is 3.93. The molecule has 0 saturated carbocycles. The lowest BCUT2D eigenvalue weighted by Gasteiger charge is -2.15. The molecule has 0 radical (unpaired) electrons. The molecular weight excluding hydrogens is 240 g/mol. The van der Waals surface area contributed by atoms with Crippen molar-refractivity contribution in [1.82, 2.24) is 0 Å². The zero-order valence-electron chi connectivity index (χ0n) is 9.85. The quantitative estimate of drug-likeness (QED) is 0.617. The number of nitro benzene ring substituents is 1. The summed E-state index contributed by atoms with van der Waals surface area (Å²) in [6.07, 6.45) is -0.415. The van der Waals surface area contributed by atoms with Crippen molar-refractivity contribution in [3.05, 3.63) is 50.1 Å². The lowest BCUT2D eigenvalue weighted by atomic mass is 9.99. The Morgan fingerprint density at radius 1 is 1.22 bits per heavy atom. The first-order valence-electron chi connectivity index (χ1n) is 5.53. The van der Waals surface area contributed by atoms with E-state index in [1.165, 1.54) is 24.3 Å². The number of rotatable bonds is 6. The maximum atomic E-state index is 10.8. The van der Waals surface area contributed by atoms with Crippen LogP contribution < -0.4 is 0 Å². The highest BCUT2D eigenvalue weighted by atomic mass is 16.6. The summed E-state index contributed by atoms with van der Waals surface area (Å²) >= 11 is 0. The lowest BCUT2D eigenvalue weighted by molar-refractivity contribution is -0.536. The summed E-state index contributed by atoms with van der Waals surface area (Å²) in [6, 6.07) is 4.05. The largest absolute Gasteiger partial charge is 0.381 e. The van der Waals surface area contributed by atoms with Crippen molar-refractivity contribution >= 4 is 5.69 Å². The van der Waals surface area contributed by atoms with Gasteiger partial charge in [-0.15, -0.1) is 0 Å². The van der Waals surface area contributed by atoms with Crippen LogP contribution in [0, 0.1) is 20.2 Å². The van der Waals surface area contributed by atoms with Gasteiger partial charge in [0, 0.05) is 23.5 Å². The first kappa shape index (κ1) is 14.0. The smallest absolute Gasteiger partial charge is 0.269 e. The van der Waals surface area contributed by atoms with Crippen LogP contribution in [0.25, 0.3) is 0 Å². The van der Waals surface area contributed by atoms with E-state index < -0.39 is 22.0 Å². The maximum Gasteiger partial charge on any atom is 0.269 e. The molecule has 18 heavy (non-hydrogen) atoms. The predicted octanol–water partition coefficient (Wildman–Crippen LogP) is 2.07. The van der Waals surface area contributed by atoms with Crippen LogP contribution in [0.15, 0.2) is 24.3 Å². The van der Waals surface area contributed by atoms with Crippen LogP contribution in [-0.4, -0.2) is 21.0 Å². The van der Waals surface area contributed by atoms with Gasteiger partial charge in [0.05, 0.1) is 4.92 Å². The van der Waals surface area contributed by atoms with Crippen molar-refractivity contribution in [2.45, 2.75) is 31.9 Å². The maximum absolute atomic E-state index is 10.8. The van der Waals surface area contributed by atoms with Gasteiger partial charge in [-0.25, -0.2) is 0 Å². The second-order valence-electron chi connectivity index (χ2n) is 3.93. The van der Waals surface area contributed by atoms with Crippen molar-refractivity contribution < 1.29 is 15.0 Å². The molecule has 98 valence electrons. The summed E-state index contributed by atoms with van der Waals surface area (Å²) in [5.41, 5.74) is 0.204. The average molecular weight is 254 g/mol. The summed E-state index contributed by atoms with van der Waals surface area (Å²) in [6.45, 7) is 1.79. The number of aliphatic hydroxyl groups excluding tert-OH is 1. The molecule has 7 heteroatoms. The molecule has 0 saturated heterocycles. The number of nitrogens with zero attached hydrogens (tertiary/aromatic N) is 2. The molecule has 0 aliphatic carbocycles. The molecule has 7 nitrogen and oxygen atoms in total. The zero-order valence-corrected chi connectivity index (χ0v) is 9.85. The van der Waals surface area contributed by atoms with E-state index in [2.05, 4.69) is 0 Å². The van der Waals surface area contributed by atoms with Gasteiger partial charge < -0.3 is 5.11 Å². The summed E-state index contributed by atoms with van der Waals surface area (Å²) in [7, 11) is 0. The highest BCUT2D eigenvalue weighted by Gasteiger charge is 2.30. The van der Waals surface area contributed by atoms with Crippen molar-refractivity contribution in [3.63, 3.8) is 0 Å². The lowest BCUT2D eigenvalue weighted by Crippen LogP contribution is -2.27. The Bertz CT molecular complexity index is 432. The molecule has 0 aliphatic heterocycles. The predicted molar refractivity (Wildman–Crippen MR) is 63.7 cm³/mol. The van der Waals surface area contributed by atoms with Crippen LogP contribution in [-0.2, 0) is 0 Å². The van der Waals surface area contributed by atoms with E-state index in [9.17, 15) is 25.3 Å². The minimum absolute atomic E-state index is 0.112. The molecular formula is C11H14N2O5. The van der Waals surface area contributed by atoms with Gasteiger partial charge in [-0.05, 0) is 24.1 Å². The molecule has 0 fully saturated rings. The van der Waals surface area contributed by atoms with Crippen LogP contribution in [0.4, 0.5) is 5.69 Å². The van der Waals surface area contributed by atoms with Gasteiger partial charge in [0.1, 0.15) is 6.10 Å². The van der Waals surface area contributed by atoms with Gasteiger partial charge in [0.15, 0.2) is 0 Å². The van der Waals surface area contributed by atoms with Gasteiger partial charge in [0.2, 0.25) is 6.04 Å². The second kappa shape index (κ2) is 6.06. The van der Waals surface area contributed by atoms with Gasteiger partial charge in [-0.2, -0.15) is 0 Å². The molecule has 0 bridgehead atoms. The number of benzene rings is 1. The standard InChI is InChI=1S/C11H14N2O5/c1-2-3-10(13(17)18)11(14)8-4-6-9(7-5-8)12(15)16/h4-7,10-11,14H,2-3H2,1H3/t10-,11-/m1/s1. The average Bonchev–Trinajstić information content (AvgIpc) is 2.35. The van der Waals surface area contributed by atoms with Crippen LogP contribution in [0.3, 0.4) is 0 Å². The van der Waals surface area contributed by atoms with Gasteiger partial charge >= 0.3 is 0 Å². The summed E-state index contributed by atoms with van der Waals surface area (Å²) in [4.78, 5) is 20.2. The molecule has 2 atom stereocenters. The fraction of sp³-hybridized carbons (Fsp3) is 0.455. The van der Waals surface area contributed by atoms with E-state index in [0.29, 0.717) is 12.0 Å². The third-order valence-electron chi connectivity index (χ3n) is 2.67. The van der Waals surface area contributed by atoms with Crippen LogP contribution >= 0.6 is 0 Å². The third kappa shape index (κ3) is 3.24. The Balaban J connectivity index is 2.91. The summed E-state index contributed by atoms with van der Waals surface area (Å²) in [5.74, 6) is 0. The molecule has 1 aromatic carbocycles.